The molecule has 0 aromatic heterocycles. The van der Waals surface area contributed by atoms with Gasteiger partial charge in [0.1, 0.15) is 0 Å². The number of ether oxygens (including phenoxy) is 2. The lowest BCUT2D eigenvalue weighted by molar-refractivity contribution is -0.00461. The molecular formula is C14H18ClNO3. The Morgan fingerprint density at radius 1 is 1.26 bits per heavy atom. The molecule has 0 N–H and O–H groups in total. The Morgan fingerprint density at radius 2 is 1.84 bits per heavy atom. The standard InChI is InChI=1S/C14H18ClNO3/c1-18-13-8-16(9-14(13)19-2)7-12(17)10-5-3-4-6-11(10)15/h3-6,13-14H,7-9H2,1-2H3. The van der Waals surface area contributed by atoms with E-state index in [1.165, 1.54) is 0 Å². The normalized spacial score (nSPS) is 23.7. The second-order valence-electron chi connectivity index (χ2n) is 4.65. The average Bonchev–Trinajstić information content (AvgIpc) is 2.81. The summed E-state index contributed by atoms with van der Waals surface area (Å²) in [6, 6.07) is 7.12. The second-order valence-corrected chi connectivity index (χ2v) is 5.05. The molecule has 1 aliphatic heterocycles. The van der Waals surface area contributed by atoms with Gasteiger partial charge in [0.25, 0.3) is 0 Å². The molecule has 1 aliphatic rings. The van der Waals surface area contributed by atoms with Crippen LogP contribution in [0.1, 0.15) is 10.4 Å². The van der Waals surface area contributed by atoms with Crippen LogP contribution in [0.4, 0.5) is 0 Å². The van der Waals surface area contributed by atoms with Crippen molar-refractivity contribution in [2.75, 3.05) is 33.9 Å². The lowest BCUT2D eigenvalue weighted by Gasteiger charge is -2.14. The van der Waals surface area contributed by atoms with Crippen LogP contribution in [0.2, 0.25) is 5.02 Å². The van der Waals surface area contributed by atoms with Crippen LogP contribution in [0.5, 0.6) is 0 Å². The minimum Gasteiger partial charge on any atom is -0.377 e. The van der Waals surface area contributed by atoms with E-state index in [0.29, 0.717) is 30.2 Å². The number of methoxy groups -OCH3 is 2. The number of halogens is 1. The lowest BCUT2D eigenvalue weighted by Crippen LogP contribution is -2.29. The predicted molar refractivity (Wildman–Crippen MR) is 73.8 cm³/mol. The third-order valence-corrected chi connectivity index (χ3v) is 3.77. The highest BCUT2D eigenvalue weighted by Gasteiger charge is 2.33. The van der Waals surface area contributed by atoms with Gasteiger partial charge in [0.05, 0.1) is 23.8 Å². The molecule has 1 saturated heterocycles. The zero-order valence-corrected chi connectivity index (χ0v) is 11.9. The van der Waals surface area contributed by atoms with Crippen LogP contribution in [0, 0.1) is 0 Å². The summed E-state index contributed by atoms with van der Waals surface area (Å²) in [6.07, 6.45) is 0.0353. The molecule has 104 valence electrons. The number of Topliss-reactive ketones (excluding diaryl/α,β-unsaturated/α-hetero) is 1. The first-order valence-electron chi connectivity index (χ1n) is 6.21. The molecule has 2 atom stereocenters. The highest BCUT2D eigenvalue weighted by Crippen LogP contribution is 2.19. The minimum absolute atomic E-state index is 0.0176. The second kappa shape index (κ2) is 6.48. The Hall–Kier alpha value is -0.940. The van der Waals surface area contributed by atoms with E-state index in [0.717, 1.165) is 0 Å². The van der Waals surface area contributed by atoms with Crippen LogP contribution in [0.3, 0.4) is 0 Å². The van der Waals surface area contributed by atoms with Crippen LogP contribution >= 0.6 is 11.6 Å². The molecular weight excluding hydrogens is 266 g/mol. The van der Waals surface area contributed by atoms with Crippen molar-refractivity contribution in [1.29, 1.82) is 0 Å². The van der Waals surface area contributed by atoms with Crippen LogP contribution < -0.4 is 0 Å². The van der Waals surface area contributed by atoms with E-state index < -0.39 is 0 Å². The van der Waals surface area contributed by atoms with E-state index in [9.17, 15) is 4.79 Å². The molecule has 2 rings (SSSR count). The quantitative estimate of drug-likeness (QED) is 0.774. The number of likely N-dealkylation sites (tertiary alicyclic amines) is 1. The number of carbonyl (C=O) groups is 1. The van der Waals surface area contributed by atoms with Gasteiger partial charge < -0.3 is 9.47 Å². The summed E-state index contributed by atoms with van der Waals surface area (Å²) < 4.78 is 10.7. The SMILES string of the molecule is COC1CN(CC(=O)c2ccccc2Cl)CC1OC. The van der Waals surface area contributed by atoms with Crippen molar-refractivity contribution in [3.05, 3.63) is 34.9 Å². The van der Waals surface area contributed by atoms with Crippen LogP contribution in [0.25, 0.3) is 0 Å². The molecule has 19 heavy (non-hydrogen) atoms. The van der Waals surface area contributed by atoms with Gasteiger partial charge in [0, 0.05) is 32.9 Å². The summed E-state index contributed by atoms with van der Waals surface area (Å²) in [5, 5.41) is 0.498. The summed E-state index contributed by atoms with van der Waals surface area (Å²) in [5.41, 5.74) is 0.569. The van der Waals surface area contributed by atoms with Crippen molar-refractivity contribution < 1.29 is 14.3 Å². The molecule has 4 nitrogen and oxygen atoms in total. The Morgan fingerprint density at radius 3 is 2.37 bits per heavy atom. The van der Waals surface area contributed by atoms with Crippen LogP contribution in [-0.4, -0.2) is 56.7 Å². The van der Waals surface area contributed by atoms with Crippen molar-refractivity contribution in [3.63, 3.8) is 0 Å². The van der Waals surface area contributed by atoms with Gasteiger partial charge in [-0.25, -0.2) is 0 Å². The maximum atomic E-state index is 12.2. The first-order valence-corrected chi connectivity index (χ1v) is 6.59. The fourth-order valence-corrected chi connectivity index (χ4v) is 2.62. The number of rotatable bonds is 5. The van der Waals surface area contributed by atoms with Gasteiger partial charge in [0.2, 0.25) is 0 Å². The van der Waals surface area contributed by atoms with Gasteiger partial charge in [-0.15, -0.1) is 0 Å². The van der Waals surface area contributed by atoms with Gasteiger partial charge in [-0.1, -0.05) is 23.7 Å². The van der Waals surface area contributed by atoms with Crippen molar-refractivity contribution in [1.82, 2.24) is 4.90 Å². The Labute approximate surface area is 118 Å². The Kier molecular flexibility index (Phi) is 4.93. The van der Waals surface area contributed by atoms with Crippen molar-refractivity contribution in [3.8, 4) is 0 Å². The summed E-state index contributed by atoms with van der Waals surface area (Å²) in [5.74, 6) is 0.0252. The number of carbonyl (C=O) groups excluding carboxylic acids is 1. The predicted octanol–water partition coefficient (Wildman–Crippen LogP) is 1.87. The molecule has 1 fully saturated rings. The molecule has 2 unspecified atom stereocenters. The van der Waals surface area contributed by atoms with Gasteiger partial charge in [-0.3, -0.25) is 9.69 Å². The average molecular weight is 284 g/mol. The number of hydrogen-bond acceptors (Lipinski definition) is 4. The van der Waals surface area contributed by atoms with E-state index in [1.54, 1.807) is 26.4 Å². The molecule has 1 aromatic carbocycles. The molecule has 0 aliphatic carbocycles. The topological polar surface area (TPSA) is 38.8 Å². The van der Waals surface area contributed by atoms with E-state index in [2.05, 4.69) is 0 Å². The summed E-state index contributed by atoms with van der Waals surface area (Å²) in [6.45, 7) is 1.74. The molecule has 1 heterocycles. The maximum absolute atomic E-state index is 12.2. The molecule has 5 heteroatoms. The summed E-state index contributed by atoms with van der Waals surface area (Å²) in [7, 11) is 3.33. The zero-order valence-electron chi connectivity index (χ0n) is 11.1. The third kappa shape index (κ3) is 3.34. The molecule has 1 aromatic rings. The molecule has 0 spiro atoms. The lowest BCUT2D eigenvalue weighted by atomic mass is 10.1. The van der Waals surface area contributed by atoms with E-state index in [1.807, 2.05) is 17.0 Å². The molecule has 0 radical (unpaired) electrons. The van der Waals surface area contributed by atoms with Gasteiger partial charge in [-0.05, 0) is 12.1 Å². The largest absolute Gasteiger partial charge is 0.377 e. The van der Waals surface area contributed by atoms with Crippen LogP contribution in [-0.2, 0) is 9.47 Å². The highest BCUT2D eigenvalue weighted by atomic mass is 35.5. The van der Waals surface area contributed by atoms with E-state index >= 15 is 0 Å². The summed E-state index contributed by atoms with van der Waals surface area (Å²) >= 11 is 6.03. The Bertz CT molecular complexity index is 440. The first-order chi connectivity index (χ1) is 9.15. The number of hydrogen-bond donors (Lipinski definition) is 0. The molecule has 0 bridgehead atoms. The van der Waals surface area contributed by atoms with Crippen molar-refractivity contribution >= 4 is 17.4 Å². The number of ketones is 1. The third-order valence-electron chi connectivity index (χ3n) is 3.44. The van der Waals surface area contributed by atoms with Crippen LogP contribution in [0.15, 0.2) is 24.3 Å². The number of benzene rings is 1. The minimum atomic E-state index is 0.0176. The van der Waals surface area contributed by atoms with E-state index in [-0.39, 0.29) is 18.0 Å². The van der Waals surface area contributed by atoms with E-state index in [4.69, 9.17) is 21.1 Å². The highest BCUT2D eigenvalue weighted by molar-refractivity contribution is 6.34. The number of nitrogens with zero attached hydrogens (tertiary/aromatic N) is 1. The molecule has 0 amide bonds. The maximum Gasteiger partial charge on any atom is 0.178 e. The zero-order chi connectivity index (χ0) is 13.8. The van der Waals surface area contributed by atoms with Gasteiger partial charge in [-0.2, -0.15) is 0 Å². The molecule has 0 saturated carbocycles. The Balaban J connectivity index is 1.99. The summed E-state index contributed by atoms with van der Waals surface area (Å²) in [4.78, 5) is 14.2. The van der Waals surface area contributed by atoms with Gasteiger partial charge >= 0.3 is 0 Å². The first kappa shape index (κ1) is 14.5. The smallest absolute Gasteiger partial charge is 0.178 e. The van der Waals surface area contributed by atoms with Crippen molar-refractivity contribution in [2.45, 2.75) is 12.2 Å². The van der Waals surface area contributed by atoms with Crippen molar-refractivity contribution in [2.24, 2.45) is 0 Å². The monoisotopic (exact) mass is 283 g/mol. The fourth-order valence-electron chi connectivity index (χ4n) is 2.38. The fraction of sp³-hybridized carbons (Fsp3) is 0.500. The van der Waals surface area contributed by atoms with Gasteiger partial charge in [0.15, 0.2) is 5.78 Å².